The van der Waals surface area contributed by atoms with Gasteiger partial charge in [0.05, 0.1) is 5.56 Å². The minimum atomic E-state index is -4.81. The summed E-state index contributed by atoms with van der Waals surface area (Å²) >= 11 is 0. The standard InChI is InChI=1S/C15H11F3N4O/c16-15(17,18)23-13-3-1-2-12(21-13)22-14-10(8-19)6-7-11(20-14)9-4-5-9/h1-3,6-7,9H,4-5H2,(H,20,21,22). The second kappa shape index (κ2) is 5.76. The highest BCUT2D eigenvalue weighted by molar-refractivity contribution is 5.60. The summed E-state index contributed by atoms with van der Waals surface area (Å²) in [7, 11) is 0. The molecular formula is C15H11F3N4O. The number of aromatic nitrogens is 2. The maximum absolute atomic E-state index is 12.2. The van der Waals surface area contributed by atoms with Crippen molar-refractivity contribution < 1.29 is 17.9 Å². The molecule has 1 fully saturated rings. The molecule has 1 aliphatic carbocycles. The lowest BCUT2D eigenvalue weighted by Crippen LogP contribution is -2.18. The first-order valence-corrected chi connectivity index (χ1v) is 6.85. The molecule has 1 aliphatic rings. The molecule has 0 aliphatic heterocycles. The average molecular weight is 320 g/mol. The molecule has 0 amide bonds. The van der Waals surface area contributed by atoms with E-state index in [-0.39, 0.29) is 11.6 Å². The Kier molecular flexibility index (Phi) is 3.78. The van der Waals surface area contributed by atoms with E-state index in [1.165, 1.54) is 12.1 Å². The molecule has 23 heavy (non-hydrogen) atoms. The van der Waals surface area contributed by atoms with Crippen molar-refractivity contribution >= 4 is 11.6 Å². The third kappa shape index (κ3) is 3.88. The largest absolute Gasteiger partial charge is 0.574 e. The smallest absolute Gasteiger partial charge is 0.388 e. The van der Waals surface area contributed by atoms with Gasteiger partial charge in [-0.1, -0.05) is 6.07 Å². The molecule has 0 unspecified atom stereocenters. The van der Waals surface area contributed by atoms with Gasteiger partial charge in [0.25, 0.3) is 0 Å². The maximum atomic E-state index is 12.2. The quantitative estimate of drug-likeness (QED) is 0.926. The van der Waals surface area contributed by atoms with Crippen molar-refractivity contribution in [2.45, 2.75) is 25.1 Å². The lowest BCUT2D eigenvalue weighted by molar-refractivity contribution is -0.276. The van der Waals surface area contributed by atoms with E-state index in [1.807, 2.05) is 6.07 Å². The van der Waals surface area contributed by atoms with Crippen LogP contribution in [-0.2, 0) is 0 Å². The molecule has 2 aromatic rings. The summed E-state index contributed by atoms with van der Waals surface area (Å²) in [6, 6.07) is 9.35. The zero-order valence-corrected chi connectivity index (χ0v) is 11.8. The summed E-state index contributed by atoms with van der Waals surface area (Å²) in [4.78, 5) is 8.08. The number of ether oxygens (including phenoxy) is 1. The van der Waals surface area contributed by atoms with Crippen molar-refractivity contribution in [3.8, 4) is 11.9 Å². The number of alkyl halides is 3. The number of nitrogens with zero attached hydrogens (tertiary/aromatic N) is 3. The highest BCUT2D eigenvalue weighted by atomic mass is 19.4. The Labute approximate surface area is 129 Å². The van der Waals surface area contributed by atoms with Gasteiger partial charge in [0.2, 0.25) is 5.88 Å². The second-order valence-corrected chi connectivity index (χ2v) is 5.05. The Morgan fingerprint density at radius 1 is 1.17 bits per heavy atom. The number of pyridine rings is 2. The molecule has 1 saturated carbocycles. The van der Waals surface area contributed by atoms with Crippen molar-refractivity contribution in [1.29, 1.82) is 5.26 Å². The van der Waals surface area contributed by atoms with Crippen molar-refractivity contribution in [1.82, 2.24) is 9.97 Å². The number of hydrogen-bond donors (Lipinski definition) is 1. The number of hydrogen-bond acceptors (Lipinski definition) is 5. The number of halogens is 3. The molecule has 3 rings (SSSR count). The molecule has 0 radical (unpaired) electrons. The summed E-state index contributed by atoms with van der Waals surface area (Å²) in [5.74, 6) is 0.188. The Morgan fingerprint density at radius 3 is 2.61 bits per heavy atom. The third-order valence-corrected chi connectivity index (χ3v) is 3.22. The first-order valence-electron chi connectivity index (χ1n) is 6.85. The lowest BCUT2D eigenvalue weighted by Gasteiger charge is -2.11. The monoisotopic (exact) mass is 320 g/mol. The summed E-state index contributed by atoms with van der Waals surface area (Å²) < 4.78 is 40.5. The van der Waals surface area contributed by atoms with E-state index in [1.54, 1.807) is 12.1 Å². The molecular weight excluding hydrogens is 309 g/mol. The molecule has 2 aromatic heterocycles. The topological polar surface area (TPSA) is 70.8 Å². The molecule has 1 N–H and O–H groups in total. The molecule has 0 bridgehead atoms. The highest BCUT2D eigenvalue weighted by Crippen LogP contribution is 2.39. The van der Waals surface area contributed by atoms with Crippen LogP contribution >= 0.6 is 0 Å². The SMILES string of the molecule is N#Cc1ccc(C2CC2)nc1Nc1cccc(OC(F)(F)F)n1. The summed E-state index contributed by atoms with van der Waals surface area (Å²) in [6.07, 6.45) is -2.72. The van der Waals surface area contributed by atoms with E-state index in [0.717, 1.165) is 24.6 Å². The van der Waals surface area contributed by atoms with Gasteiger partial charge in [-0.15, -0.1) is 13.2 Å². The Hall–Kier alpha value is -2.82. The molecule has 2 heterocycles. The van der Waals surface area contributed by atoms with Gasteiger partial charge in [0, 0.05) is 17.7 Å². The minimum Gasteiger partial charge on any atom is -0.388 e. The predicted molar refractivity (Wildman–Crippen MR) is 75.1 cm³/mol. The van der Waals surface area contributed by atoms with Gasteiger partial charge in [-0.3, -0.25) is 0 Å². The van der Waals surface area contributed by atoms with Crippen LogP contribution in [-0.4, -0.2) is 16.3 Å². The van der Waals surface area contributed by atoms with E-state index in [9.17, 15) is 13.2 Å². The van der Waals surface area contributed by atoms with Crippen LogP contribution in [0.3, 0.4) is 0 Å². The third-order valence-electron chi connectivity index (χ3n) is 3.22. The molecule has 0 spiro atoms. The molecule has 0 saturated heterocycles. The number of anilines is 2. The van der Waals surface area contributed by atoms with Crippen molar-refractivity contribution in [2.75, 3.05) is 5.32 Å². The van der Waals surface area contributed by atoms with Crippen LogP contribution in [0, 0.1) is 11.3 Å². The lowest BCUT2D eigenvalue weighted by atomic mass is 10.2. The Balaban J connectivity index is 1.85. The fourth-order valence-electron chi connectivity index (χ4n) is 2.05. The molecule has 8 heteroatoms. The number of nitrogens with one attached hydrogen (secondary N) is 1. The first kappa shape index (κ1) is 15.1. The molecule has 118 valence electrons. The number of rotatable bonds is 4. The van der Waals surface area contributed by atoms with E-state index in [4.69, 9.17) is 5.26 Å². The van der Waals surface area contributed by atoms with Crippen molar-refractivity contribution in [3.05, 3.63) is 41.6 Å². The maximum Gasteiger partial charge on any atom is 0.574 e. The number of nitriles is 1. The van der Waals surface area contributed by atoms with Crippen LogP contribution in [0.4, 0.5) is 24.8 Å². The second-order valence-electron chi connectivity index (χ2n) is 5.05. The molecule has 0 aromatic carbocycles. The van der Waals surface area contributed by atoms with Gasteiger partial charge >= 0.3 is 6.36 Å². The van der Waals surface area contributed by atoms with Crippen LogP contribution in [0.2, 0.25) is 0 Å². The molecule has 5 nitrogen and oxygen atoms in total. The van der Waals surface area contributed by atoms with Crippen LogP contribution in [0.1, 0.15) is 30.0 Å². The van der Waals surface area contributed by atoms with Gasteiger partial charge in [-0.25, -0.2) is 4.98 Å². The Bertz CT molecular complexity index is 766. The summed E-state index contributed by atoms with van der Waals surface area (Å²) in [5.41, 5.74) is 1.15. The minimum absolute atomic E-state index is 0.115. The van der Waals surface area contributed by atoms with Crippen LogP contribution < -0.4 is 10.1 Å². The molecule has 0 atom stereocenters. The van der Waals surface area contributed by atoms with Gasteiger partial charge in [0.15, 0.2) is 0 Å². The normalized spacial score (nSPS) is 14.2. The van der Waals surface area contributed by atoms with Crippen LogP contribution in [0.5, 0.6) is 5.88 Å². The van der Waals surface area contributed by atoms with Crippen molar-refractivity contribution in [2.24, 2.45) is 0 Å². The van der Waals surface area contributed by atoms with Crippen LogP contribution in [0.15, 0.2) is 30.3 Å². The average Bonchev–Trinajstić information content (AvgIpc) is 3.30. The van der Waals surface area contributed by atoms with E-state index in [0.29, 0.717) is 11.5 Å². The Morgan fingerprint density at radius 2 is 1.96 bits per heavy atom. The van der Waals surface area contributed by atoms with Gasteiger partial charge in [-0.05, 0) is 31.0 Å². The van der Waals surface area contributed by atoms with Crippen molar-refractivity contribution in [3.63, 3.8) is 0 Å². The van der Waals surface area contributed by atoms with Gasteiger partial charge < -0.3 is 10.1 Å². The summed E-state index contributed by atoms with van der Waals surface area (Å²) in [6.45, 7) is 0. The van der Waals surface area contributed by atoms with E-state index < -0.39 is 12.2 Å². The highest BCUT2D eigenvalue weighted by Gasteiger charge is 2.32. The zero-order chi connectivity index (χ0) is 16.4. The van der Waals surface area contributed by atoms with E-state index >= 15 is 0 Å². The van der Waals surface area contributed by atoms with Gasteiger partial charge in [-0.2, -0.15) is 10.2 Å². The predicted octanol–water partition coefficient (Wildman–Crippen LogP) is 3.87. The van der Waals surface area contributed by atoms with E-state index in [2.05, 4.69) is 20.0 Å². The fourth-order valence-corrected chi connectivity index (χ4v) is 2.05. The first-order chi connectivity index (χ1) is 10.9. The zero-order valence-electron chi connectivity index (χ0n) is 11.8. The summed E-state index contributed by atoms with van der Waals surface area (Å²) in [5, 5.41) is 11.9. The fraction of sp³-hybridized carbons (Fsp3) is 0.267. The van der Waals surface area contributed by atoms with Crippen LogP contribution in [0.25, 0.3) is 0 Å². The van der Waals surface area contributed by atoms with Gasteiger partial charge in [0.1, 0.15) is 17.7 Å².